The number of nitrogens with zero attached hydrogens (tertiary/aromatic N) is 2. The number of halogens is 2. The first kappa shape index (κ1) is 12.3. The molecule has 4 nitrogen and oxygen atoms in total. The van der Waals surface area contributed by atoms with Gasteiger partial charge in [0, 0.05) is 11.6 Å². The first-order chi connectivity index (χ1) is 9.15. The van der Waals surface area contributed by atoms with Crippen LogP contribution in [-0.4, -0.2) is 21.4 Å². The van der Waals surface area contributed by atoms with Crippen LogP contribution in [0.3, 0.4) is 0 Å². The Bertz CT molecular complexity index is 648. The average Bonchev–Trinajstić information content (AvgIpc) is 3.12. The van der Waals surface area contributed by atoms with Crippen molar-refractivity contribution in [2.45, 2.75) is 25.5 Å². The fourth-order valence-corrected chi connectivity index (χ4v) is 2.27. The minimum Gasteiger partial charge on any atom is -0.435 e. The van der Waals surface area contributed by atoms with Gasteiger partial charge in [-0.05, 0) is 37.2 Å². The Morgan fingerprint density at radius 3 is 2.89 bits per heavy atom. The number of benzene rings is 1. The second-order valence-electron chi connectivity index (χ2n) is 4.36. The highest BCUT2D eigenvalue weighted by Crippen LogP contribution is 2.38. The van der Waals surface area contributed by atoms with E-state index >= 15 is 0 Å². The molecule has 1 heterocycles. The zero-order valence-corrected chi connectivity index (χ0v) is 10.7. The number of hydrogen-bond acceptors (Lipinski definition) is 3. The van der Waals surface area contributed by atoms with Crippen molar-refractivity contribution in [1.29, 1.82) is 0 Å². The zero-order chi connectivity index (χ0) is 13.4. The molecule has 0 bridgehead atoms. The lowest BCUT2D eigenvalue weighted by atomic mass is 10.2. The molecule has 0 radical (unpaired) electrons. The predicted molar refractivity (Wildman–Crippen MR) is 67.8 cm³/mol. The van der Waals surface area contributed by atoms with Gasteiger partial charge < -0.3 is 4.74 Å². The van der Waals surface area contributed by atoms with E-state index in [4.69, 9.17) is 12.2 Å². The highest BCUT2D eigenvalue weighted by Gasteiger charge is 2.27. The van der Waals surface area contributed by atoms with Crippen molar-refractivity contribution in [3.05, 3.63) is 29.0 Å². The molecule has 1 aliphatic rings. The number of aromatic nitrogens is 3. The normalized spacial score (nSPS) is 14.9. The van der Waals surface area contributed by atoms with Gasteiger partial charge in [-0.3, -0.25) is 9.67 Å². The number of rotatable bonds is 4. The summed E-state index contributed by atoms with van der Waals surface area (Å²) in [5.74, 6) is 0.774. The van der Waals surface area contributed by atoms with Gasteiger partial charge in [0.2, 0.25) is 0 Å². The summed E-state index contributed by atoms with van der Waals surface area (Å²) in [4.78, 5) is 0. The standard InChI is InChI=1S/C12H11F2N3OS/c13-11(14)18-9-3-1-2-7(6-9)10-15-16-12(19)17(10)8-4-5-8/h1-3,6,8,11H,4-5H2,(H,16,19). The molecule has 2 aromatic rings. The monoisotopic (exact) mass is 283 g/mol. The molecule has 7 heteroatoms. The second kappa shape index (κ2) is 4.73. The molecule has 19 heavy (non-hydrogen) atoms. The third-order valence-electron chi connectivity index (χ3n) is 2.93. The van der Waals surface area contributed by atoms with Crippen molar-refractivity contribution < 1.29 is 13.5 Å². The van der Waals surface area contributed by atoms with Crippen LogP contribution >= 0.6 is 12.2 Å². The van der Waals surface area contributed by atoms with E-state index in [1.165, 1.54) is 12.1 Å². The van der Waals surface area contributed by atoms with Crippen LogP contribution in [0, 0.1) is 4.77 Å². The minimum absolute atomic E-state index is 0.115. The molecule has 1 aliphatic carbocycles. The summed E-state index contributed by atoms with van der Waals surface area (Å²) in [6, 6.07) is 6.83. The molecule has 1 N–H and O–H groups in total. The van der Waals surface area contributed by atoms with Gasteiger partial charge >= 0.3 is 6.61 Å². The van der Waals surface area contributed by atoms with E-state index in [0.717, 1.165) is 12.8 Å². The smallest absolute Gasteiger partial charge is 0.387 e. The van der Waals surface area contributed by atoms with E-state index in [1.807, 2.05) is 4.57 Å². The number of aromatic amines is 1. The largest absolute Gasteiger partial charge is 0.435 e. The Kier molecular flexibility index (Phi) is 3.06. The van der Waals surface area contributed by atoms with Gasteiger partial charge in [-0.25, -0.2) is 0 Å². The van der Waals surface area contributed by atoms with E-state index < -0.39 is 6.61 Å². The van der Waals surface area contributed by atoms with Crippen molar-refractivity contribution in [3.8, 4) is 17.1 Å². The lowest BCUT2D eigenvalue weighted by Crippen LogP contribution is -2.02. The maximum absolute atomic E-state index is 12.2. The maximum Gasteiger partial charge on any atom is 0.387 e. The molecule has 1 saturated carbocycles. The van der Waals surface area contributed by atoms with Crippen LogP contribution in [-0.2, 0) is 0 Å². The van der Waals surface area contributed by atoms with Gasteiger partial charge in [-0.1, -0.05) is 12.1 Å². The molecule has 0 aliphatic heterocycles. The maximum atomic E-state index is 12.2. The molecule has 0 saturated heterocycles. The van der Waals surface area contributed by atoms with Crippen LogP contribution in [0.15, 0.2) is 24.3 Å². The Morgan fingerprint density at radius 1 is 1.42 bits per heavy atom. The second-order valence-corrected chi connectivity index (χ2v) is 4.75. The van der Waals surface area contributed by atoms with E-state index in [-0.39, 0.29) is 5.75 Å². The summed E-state index contributed by atoms with van der Waals surface area (Å²) >= 11 is 5.19. The Balaban J connectivity index is 2.00. The van der Waals surface area contributed by atoms with Gasteiger partial charge in [0.15, 0.2) is 10.6 Å². The van der Waals surface area contributed by atoms with Crippen molar-refractivity contribution in [1.82, 2.24) is 14.8 Å². The predicted octanol–water partition coefficient (Wildman–Crippen LogP) is 3.54. The number of nitrogens with one attached hydrogen (secondary N) is 1. The molecular formula is C12H11F2N3OS. The quantitative estimate of drug-likeness (QED) is 0.873. The molecule has 0 amide bonds. The van der Waals surface area contributed by atoms with Crippen molar-refractivity contribution in [2.24, 2.45) is 0 Å². The van der Waals surface area contributed by atoms with Crippen LogP contribution in [0.4, 0.5) is 8.78 Å². The van der Waals surface area contributed by atoms with Crippen molar-refractivity contribution in [2.75, 3.05) is 0 Å². The highest BCUT2D eigenvalue weighted by molar-refractivity contribution is 7.71. The van der Waals surface area contributed by atoms with Crippen LogP contribution < -0.4 is 4.74 Å². The first-order valence-corrected chi connectivity index (χ1v) is 6.28. The SMILES string of the molecule is FC(F)Oc1cccc(-c2n[nH]c(=S)n2C2CC2)c1. The van der Waals surface area contributed by atoms with Crippen LogP contribution in [0.2, 0.25) is 0 Å². The van der Waals surface area contributed by atoms with Gasteiger partial charge in [-0.15, -0.1) is 0 Å². The lowest BCUT2D eigenvalue weighted by Gasteiger charge is -2.08. The van der Waals surface area contributed by atoms with Crippen molar-refractivity contribution >= 4 is 12.2 Å². The summed E-state index contributed by atoms with van der Waals surface area (Å²) in [6.07, 6.45) is 2.13. The first-order valence-electron chi connectivity index (χ1n) is 5.87. The molecule has 1 aromatic heterocycles. The summed E-state index contributed by atoms with van der Waals surface area (Å²) < 4.78 is 31.3. The van der Waals surface area contributed by atoms with E-state index in [1.54, 1.807) is 12.1 Å². The molecule has 100 valence electrons. The molecule has 0 spiro atoms. The van der Waals surface area contributed by atoms with Gasteiger partial charge in [0.05, 0.1) is 0 Å². The molecule has 0 atom stereocenters. The Labute approximate surface area is 113 Å². The topological polar surface area (TPSA) is 42.8 Å². The number of alkyl halides is 2. The number of H-pyrrole nitrogens is 1. The Morgan fingerprint density at radius 2 is 2.21 bits per heavy atom. The molecule has 1 aromatic carbocycles. The molecule has 0 unspecified atom stereocenters. The lowest BCUT2D eigenvalue weighted by molar-refractivity contribution is -0.0498. The summed E-state index contributed by atoms with van der Waals surface area (Å²) in [5, 5.41) is 6.91. The number of hydrogen-bond donors (Lipinski definition) is 1. The van der Waals surface area contributed by atoms with Gasteiger partial charge in [0.1, 0.15) is 5.75 Å². The average molecular weight is 283 g/mol. The molecular weight excluding hydrogens is 272 g/mol. The molecule has 3 rings (SSSR count). The highest BCUT2D eigenvalue weighted by atomic mass is 32.1. The summed E-state index contributed by atoms with van der Waals surface area (Å²) in [7, 11) is 0. The van der Waals surface area contributed by atoms with Crippen LogP contribution in [0.25, 0.3) is 11.4 Å². The fraction of sp³-hybridized carbons (Fsp3) is 0.333. The van der Waals surface area contributed by atoms with E-state index in [9.17, 15) is 8.78 Å². The zero-order valence-electron chi connectivity index (χ0n) is 9.85. The van der Waals surface area contributed by atoms with E-state index in [0.29, 0.717) is 22.2 Å². The van der Waals surface area contributed by atoms with Crippen molar-refractivity contribution in [3.63, 3.8) is 0 Å². The van der Waals surface area contributed by atoms with Gasteiger partial charge in [-0.2, -0.15) is 13.9 Å². The van der Waals surface area contributed by atoms with Gasteiger partial charge in [0.25, 0.3) is 0 Å². The Hall–Kier alpha value is -1.76. The molecule has 1 fully saturated rings. The third kappa shape index (κ3) is 2.51. The van der Waals surface area contributed by atoms with Crippen LogP contribution in [0.1, 0.15) is 18.9 Å². The minimum atomic E-state index is -2.83. The fourth-order valence-electron chi connectivity index (χ4n) is 1.99. The van der Waals surface area contributed by atoms with Crippen LogP contribution in [0.5, 0.6) is 5.75 Å². The number of ether oxygens (including phenoxy) is 1. The van der Waals surface area contributed by atoms with E-state index in [2.05, 4.69) is 14.9 Å². The summed E-state index contributed by atoms with van der Waals surface area (Å²) in [6.45, 7) is -2.83. The summed E-state index contributed by atoms with van der Waals surface area (Å²) in [5.41, 5.74) is 0.706. The third-order valence-corrected chi connectivity index (χ3v) is 3.22.